The fourth-order valence-corrected chi connectivity index (χ4v) is 4.21. The standard InChI is InChI=1S/C29H30BrClN4O5/c1-17(2)21-8-6-19(7-9-21)14-32-28(37)29(38)35-33-15-20-11-23(30)27(25(12-20)39-4)40-16-26(36)34-22-10-5-18(3)24(31)13-22/h5-13,15,17H,14,16H2,1-4H3,(H,32,37)(H,34,36)(H,35,38)/b33-15-. The highest BCUT2D eigenvalue weighted by Gasteiger charge is 2.15. The zero-order chi connectivity index (χ0) is 29.2. The number of nitrogens with one attached hydrogen (secondary N) is 3. The lowest BCUT2D eigenvalue weighted by Crippen LogP contribution is -2.37. The van der Waals surface area contributed by atoms with Gasteiger partial charge in [0.2, 0.25) is 0 Å². The maximum Gasteiger partial charge on any atom is 0.329 e. The molecule has 0 bridgehead atoms. The molecule has 210 valence electrons. The zero-order valence-corrected chi connectivity index (χ0v) is 24.9. The lowest BCUT2D eigenvalue weighted by atomic mass is 10.0. The molecule has 0 heterocycles. The van der Waals surface area contributed by atoms with Crippen molar-refractivity contribution in [1.29, 1.82) is 0 Å². The fraction of sp³-hybridized carbons (Fsp3) is 0.241. The third-order valence-corrected chi connectivity index (χ3v) is 6.74. The number of carbonyl (C=O) groups excluding carboxylic acids is 3. The summed E-state index contributed by atoms with van der Waals surface area (Å²) in [7, 11) is 1.45. The molecule has 3 amide bonds. The van der Waals surface area contributed by atoms with Crippen LogP contribution in [0.4, 0.5) is 5.69 Å². The molecule has 0 radical (unpaired) electrons. The van der Waals surface area contributed by atoms with Crippen molar-refractivity contribution >= 4 is 57.2 Å². The van der Waals surface area contributed by atoms with E-state index in [1.54, 1.807) is 30.3 Å². The zero-order valence-electron chi connectivity index (χ0n) is 22.5. The number of hydrogen-bond donors (Lipinski definition) is 3. The Hall–Kier alpha value is -3.89. The Balaban J connectivity index is 1.53. The fourth-order valence-electron chi connectivity index (χ4n) is 3.46. The van der Waals surface area contributed by atoms with E-state index >= 15 is 0 Å². The van der Waals surface area contributed by atoms with Gasteiger partial charge >= 0.3 is 11.8 Å². The van der Waals surface area contributed by atoms with Crippen molar-refractivity contribution in [1.82, 2.24) is 10.7 Å². The Morgan fingerprint density at radius 1 is 1.05 bits per heavy atom. The van der Waals surface area contributed by atoms with Crippen LogP contribution in [0, 0.1) is 6.92 Å². The predicted octanol–water partition coefficient (Wildman–Crippen LogP) is 5.33. The van der Waals surface area contributed by atoms with Crippen LogP contribution in [0.25, 0.3) is 0 Å². The molecule has 0 spiro atoms. The molecule has 11 heteroatoms. The summed E-state index contributed by atoms with van der Waals surface area (Å²) < 4.78 is 11.6. The van der Waals surface area contributed by atoms with Crippen molar-refractivity contribution in [3.05, 3.63) is 86.3 Å². The summed E-state index contributed by atoms with van der Waals surface area (Å²) in [5, 5.41) is 9.69. The number of amides is 3. The minimum absolute atomic E-state index is 0.219. The largest absolute Gasteiger partial charge is 0.493 e. The molecule has 3 N–H and O–H groups in total. The summed E-state index contributed by atoms with van der Waals surface area (Å²) in [6.45, 7) is 6.02. The molecule has 0 aliphatic rings. The molecular formula is C29H30BrClN4O5. The van der Waals surface area contributed by atoms with Gasteiger partial charge in [-0.05, 0) is 75.3 Å². The summed E-state index contributed by atoms with van der Waals surface area (Å²) in [6, 6.07) is 16.3. The Morgan fingerprint density at radius 2 is 1.77 bits per heavy atom. The van der Waals surface area contributed by atoms with E-state index in [1.165, 1.54) is 18.9 Å². The normalized spacial score (nSPS) is 10.9. The van der Waals surface area contributed by atoms with Gasteiger partial charge in [-0.25, -0.2) is 5.43 Å². The minimum Gasteiger partial charge on any atom is -0.493 e. The molecule has 0 aromatic heterocycles. The van der Waals surface area contributed by atoms with Gasteiger partial charge < -0.3 is 20.1 Å². The van der Waals surface area contributed by atoms with Crippen molar-refractivity contribution in [3.8, 4) is 11.5 Å². The average Bonchev–Trinajstić information content (AvgIpc) is 2.93. The van der Waals surface area contributed by atoms with Gasteiger partial charge in [-0.1, -0.05) is 55.8 Å². The van der Waals surface area contributed by atoms with E-state index in [-0.39, 0.29) is 19.1 Å². The van der Waals surface area contributed by atoms with Crippen molar-refractivity contribution < 1.29 is 23.9 Å². The van der Waals surface area contributed by atoms with Gasteiger partial charge in [-0.3, -0.25) is 14.4 Å². The molecule has 40 heavy (non-hydrogen) atoms. The predicted molar refractivity (Wildman–Crippen MR) is 159 cm³/mol. The topological polar surface area (TPSA) is 118 Å². The Kier molecular flexibility index (Phi) is 11.1. The maximum absolute atomic E-state index is 12.4. The molecule has 3 aromatic carbocycles. The lowest BCUT2D eigenvalue weighted by molar-refractivity contribution is -0.139. The Labute approximate surface area is 246 Å². The van der Waals surface area contributed by atoms with Crippen LogP contribution in [0.15, 0.2) is 64.2 Å². The molecule has 3 rings (SSSR count). The summed E-state index contributed by atoms with van der Waals surface area (Å²) >= 11 is 9.51. The van der Waals surface area contributed by atoms with Crippen LogP contribution in [0.5, 0.6) is 11.5 Å². The molecule has 0 atom stereocenters. The summed E-state index contributed by atoms with van der Waals surface area (Å²) in [5.41, 5.74) is 6.27. The summed E-state index contributed by atoms with van der Waals surface area (Å²) in [4.78, 5) is 36.6. The SMILES string of the molecule is COc1cc(/C=N\NC(=O)C(=O)NCc2ccc(C(C)C)cc2)cc(Br)c1OCC(=O)Nc1ccc(C)c(Cl)c1. The first-order valence-corrected chi connectivity index (χ1v) is 13.5. The number of benzene rings is 3. The molecule has 0 aliphatic heterocycles. The van der Waals surface area contributed by atoms with Crippen LogP contribution in [0.3, 0.4) is 0 Å². The van der Waals surface area contributed by atoms with Crippen LogP contribution in [0.2, 0.25) is 5.02 Å². The molecular weight excluding hydrogens is 600 g/mol. The number of aryl methyl sites for hydroxylation is 1. The van der Waals surface area contributed by atoms with Gasteiger partial charge in [0, 0.05) is 17.3 Å². The van der Waals surface area contributed by atoms with E-state index in [4.69, 9.17) is 21.1 Å². The molecule has 0 saturated heterocycles. The highest BCUT2D eigenvalue weighted by Crippen LogP contribution is 2.36. The third-order valence-electron chi connectivity index (χ3n) is 5.74. The van der Waals surface area contributed by atoms with Crippen molar-refractivity contribution in [3.63, 3.8) is 0 Å². The number of methoxy groups -OCH3 is 1. The highest BCUT2D eigenvalue weighted by atomic mass is 79.9. The van der Waals surface area contributed by atoms with E-state index in [0.29, 0.717) is 38.2 Å². The van der Waals surface area contributed by atoms with Gasteiger partial charge in [-0.15, -0.1) is 0 Å². The number of nitrogens with zero attached hydrogens (tertiary/aromatic N) is 1. The molecule has 0 fully saturated rings. The monoisotopic (exact) mass is 628 g/mol. The number of hydrogen-bond acceptors (Lipinski definition) is 6. The molecule has 0 saturated carbocycles. The highest BCUT2D eigenvalue weighted by molar-refractivity contribution is 9.10. The number of ether oxygens (including phenoxy) is 2. The molecule has 0 aliphatic carbocycles. The third kappa shape index (κ3) is 8.82. The summed E-state index contributed by atoms with van der Waals surface area (Å²) in [5.74, 6) is -1.04. The molecule has 0 unspecified atom stereocenters. The van der Waals surface area contributed by atoms with Gasteiger partial charge in [0.1, 0.15) is 0 Å². The van der Waals surface area contributed by atoms with Gasteiger partial charge in [-0.2, -0.15) is 5.10 Å². The van der Waals surface area contributed by atoms with Gasteiger partial charge in [0.05, 0.1) is 17.8 Å². The lowest BCUT2D eigenvalue weighted by Gasteiger charge is -2.13. The van der Waals surface area contributed by atoms with E-state index in [0.717, 1.165) is 11.1 Å². The maximum atomic E-state index is 12.4. The first-order chi connectivity index (χ1) is 19.1. The van der Waals surface area contributed by atoms with Crippen LogP contribution >= 0.6 is 27.5 Å². The van der Waals surface area contributed by atoms with Crippen molar-refractivity contribution in [2.45, 2.75) is 33.2 Å². The van der Waals surface area contributed by atoms with Crippen LogP contribution < -0.4 is 25.5 Å². The number of carbonyl (C=O) groups is 3. The first kappa shape index (κ1) is 30.6. The number of hydrazone groups is 1. The Bertz CT molecular complexity index is 1410. The Morgan fingerprint density at radius 3 is 2.42 bits per heavy atom. The molecule has 3 aromatic rings. The number of halogens is 2. The minimum atomic E-state index is -0.901. The van der Waals surface area contributed by atoms with E-state index in [1.807, 2.05) is 31.2 Å². The van der Waals surface area contributed by atoms with E-state index in [9.17, 15) is 14.4 Å². The first-order valence-electron chi connectivity index (χ1n) is 12.3. The van der Waals surface area contributed by atoms with E-state index in [2.05, 4.69) is 50.9 Å². The molecule has 9 nitrogen and oxygen atoms in total. The second-order valence-electron chi connectivity index (χ2n) is 9.11. The van der Waals surface area contributed by atoms with Crippen LogP contribution in [-0.2, 0) is 20.9 Å². The van der Waals surface area contributed by atoms with Crippen LogP contribution in [0.1, 0.15) is 42.0 Å². The second kappa shape index (κ2) is 14.5. The quantitative estimate of drug-likeness (QED) is 0.159. The second-order valence-corrected chi connectivity index (χ2v) is 10.4. The van der Waals surface area contributed by atoms with Gasteiger partial charge in [0.25, 0.3) is 5.91 Å². The average molecular weight is 630 g/mol. The van der Waals surface area contributed by atoms with Gasteiger partial charge in [0.15, 0.2) is 18.1 Å². The number of anilines is 1. The number of rotatable bonds is 10. The van der Waals surface area contributed by atoms with Crippen molar-refractivity contribution in [2.24, 2.45) is 5.10 Å². The smallest absolute Gasteiger partial charge is 0.329 e. The van der Waals surface area contributed by atoms with Crippen LogP contribution in [-0.4, -0.2) is 37.7 Å². The summed E-state index contributed by atoms with van der Waals surface area (Å²) in [6.07, 6.45) is 1.35. The van der Waals surface area contributed by atoms with Crippen molar-refractivity contribution in [2.75, 3.05) is 19.0 Å². The van der Waals surface area contributed by atoms with E-state index < -0.39 is 11.8 Å².